The standard InChI is InChI=1S/C13H18ClNO/c14-13-5-3-11(4-6-13)8-15-9-12-2-1-7-16-10-12/h3-6,12,15H,1-2,7-10H2. The van der Waals surface area contributed by atoms with Crippen LogP contribution in [0.3, 0.4) is 0 Å². The van der Waals surface area contributed by atoms with Gasteiger partial charge >= 0.3 is 0 Å². The highest BCUT2D eigenvalue weighted by Crippen LogP contribution is 2.13. The van der Waals surface area contributed by atoms with Crippen molar-refractivity contribution < 1.29 is 4.74 Å². The van der Waals surface area contributed by atoms with Crippen LogP contribution < -0.4 is 5.32 Å². The molecule has 1 fully saturated rings. The second-order valence-electron chi connectivity index (χ2n) is 4.34. The summed E-state index contributed by atoms with van der Waals surface area (Å²) in [5, 5.41) is 4.26. The van der Waals surface area contributed by atoms with E-state index < -0.39 is 0 Å². The molecule has 1 heterocycles. The molecule has 0 aromatic heterocycles. The third-order valence-electron chi connectivity index (χ3n) is 2.93. The fraction of sp³-hybridized carbons (Fsp3) is 0.538. The lowest BCUT2D eigenvalue weighted by Crippen LogP contribution is -2.28. The molecule has 1 aromatic carbocycles. The number of ether oxygens (including phenoxy) is 1. The fourth-order valence-electron chi connectivity index (χ4n) is 1.99. The summed E-state index contributed by atoms with van der Waals surface area (Å²) in [6.07, 6.45) is 2.49. The van der Waals surface area contributed by atoms with Crippen LogP contribution in [0.5, 0.6) is 0 Å². The summed E-state index contributed by atoms with van der Waals surface area (Å²) in [6, 6.07) is 7.99. The largest absolute Gasteiger partial charge is 0.381 e. The predicted molar refractivity (Wildman–Crippen MR) is 66.7 cm³/mol. The number of hydrogen-bond donors (Lipinski definition) is 1. The first kappa shape index (κ1) is 11.9. The van der Waals surface area contributed by atoms with Crippen molar-refractivity contribution in [2.24, 2.45) is 5.92 Å². The number of rotatable bonds is 4. The van der Waals surface area contributed by atoms with Crippen LogP contribution in [-0.2, 0) is 11.3 Å². The van der Waals surface area contributed by atoms with Crippen LogP contribution in [0.4, 0.5) is 0 Å². The first-order chi connectivity index (χ1) is 7.84. The molecule has 16 heavy (non-hydrogen) atoms. The van der Waals surface area contributed by atoms with Gasteiger partial charge in [0.25, 0.3) is 0 Å². The average Bonchev–Trinajstić information content (AvgIpc) is 2.33. The van der Waals surface area contributed by atoms with Crippen molar-refractivity contribution in [2.75, 3.05) is 19.8 Å². The van der Waals surface area contributed by atoms with Gasteiger partial charge in [0.15, 0.2) is 0 Å². The quantitative estimate of drug-likeness (QED) is 0.873. The van der Waals surface area contributed by atoms with E-state index in [4.69, 9.17) is 16.3 Å². The van der Waals surface area contributed by atoms with Crippen LogP contribution in [0.15, 0.2) is 24.3 Å². The number of halogens is 1. The summed E-state index contributed by atoms with van der Waals surface area (Å²) in [7, 11) is 0. The van der Waals surface area contributed by atoms with Crippen molar-refractivity contribution in [3.63, 3.8) is 0 Å². The molecule has 2 nitrogen and oxygen atoms in total. The molecule has 2 rings (SSSR count). The van der Waals surface area contributed by atoms with Gasteiger partial charge in [0, 0.05) is 24.7 Å². The number of nitrogens with one attached hydrogen (secondary N) is 1. The summed E-state index contributed by atoms with van der Waals surface area (Å²) in [5.74, 6) is 0.682. The van der Waals surface area contributed by atoms with Crippen LogP contribution in [-0.4, -0.2) is 19.8 Å². The molecular weight excluding hydrogens is 222 g/mol. The molecule has 1 saturated heterocycles. The summed E-state index contributed by atoms with van der Waals surface area (Å²) >= 11 is 5.83. The van der Waals surface area contributed by atoms with E-state index in [2.05, 4.69) is 17.4 Å². The molecule has 1 unspecified atom stereocenters. The van der Waals surface area contributed by atoms with Crippen LogP contribution in [0.2, 0.25) is 5.02 Å². The van der Waals surface area contributed by atoms with E-state index >= 15 is 0 Å². The molecule has 1 N–H and O–H groups in total. The lowest BCUT2D eigenvalue weighted by molar-refractivity contribution is 0.0547. The van der Waals surface area contributed by atoms with Crippen molar-refractivity contribution in [1.29, 1.82) is 0 Å². The van der Waals surface area contributed by atoms with Gasteiger partial charge in [0.05, 0.1) is 6.61 Å². The maximum atomic E-state index is 5.83. The molecular formula is C13H18ClNO. The number of hydrogen-bond acceptors (Lipinski definition) is 2. The Hall–Kier alpha value is -0.570. The fourth-order valence-corrected chi connectivity index (χ4v) is 2.12. The summed E-state index contributed by atoms with van der Waals surface area (Å²) < 4.78 is 5.44. The first-order valence-electron chi connectivity index (χ1n) is 5.87. The third-order valence-corrected chi connectivity index (χ3v) is 3.18. The van der Waals surface area contributed by atoms with E-state index in [1.165, 1.54) is 18.4 Å². The van der Waals surface area contributed by atoms with Gasteiger partial charge < -0.3 is 10.1 Å². The Morgan fingerprint density at radius 2 is 2.12 bits per heavy atom. The third kappa shape index (κ3) is 3.78. The Labute approximate surface area is 102 Å². The summed E-state index contributed by atoms with van der Waals surface area (Å²) in [6.45, 7) is 3.80. The number of benzene rings is 1. The van der Waals surface area contributed by atoms with Gasteiger partial charge in [-0.3, -0.25) is 0 Å². The van der Waals surface area contributed by atoms with E-state index in [1.54, 1.807) is 0 Å². The van der Waals surface area contributed by atoms with Gasteiger partial charge in [-0.1, -0.05) is 23.7 Å². The van der Waals surface area contributed by atoms with Crippen molar-refractivity contribution in [3.05, 3.63) is 34.9 Å². The van der Waals surface area contributed by atoms with E-state index in [-0.39, 0.29) is 0 Å². The Kier molecular flexibility index (Phi) is 4.64. The molecule has 1 aromatic rings. The van der Waals surface area contributed by atoms with Crippen molar-refractivity contribution >= 4 is 11.6 Å². The molecule has 1 atom stereocenters. The maximum absolute atomic E-state index is 5.83. The topological polar surface area (TPSA) is 21.3 Å². The molecule has 1 aliphatic heterocycles. The van der Waals surface area contributed by atoms with Gasteiger partial charge in [-0.2, -0.15) is 0 Å². The SMILES string of the molecule is Clc1ccc(CNCC2CCCOC2)cc1. The molecule has 0 radical (unpaired) electrons. The van der Waals surface area contributed by atoms with Crippen LogP contribution >= 0.6 is 11.6 Å². The van der Waals surface area contributed by atoms with E-state index in [9.17, 15) is 0 Å². The maximum Gasteiger partial charge on any atom is 0.0506 e. The molecule has 88 valence electrons. The highest BCUT2D eigenvalue weighted by Gasteiger charge is 2.12. The Balaban J connectivity index is 1.69. The van der Waals surface area contributed by atoms with Crippen LogP contribution in [0.25, 0.3) is 0 Å². The normalized spacial score (nSPS) is 20.9. The zero-order valence-electron chi connectivity index (χ0n) is 9.42. The average molecular weight is 240 g/mol. The molecule has 0 bridgehead atoms. The monoisotopic (exact) mass is 239 g/mol. The molecule has 0 amide bonds. The molecule has 0 aliphatic carbocycles. The summed E-state index contributed by atoms with van der Waals surface area (Å²) in [4.78, 5) is 0. The smallest absolute Gasteiger partial charge is 0.0506 e. The Bertz CT molecular complexity index is 306. The lowest BCUT2D eigenvalue weighted by Gasteiger charge is -2.22. The van der Waals surface area contributed by atoms with Gasteiger partial charge in [0.2, 0.25) is 0 Å². The van der Waals surface area contributed by atoms with Gasteiger partial charge in [-0.25, -0.2) is 0 Å². The lowest BCUT2D eigenvalue weighted by atomic mass is 10.0. The van der Waals surface area contributed by atoms with Gasteiger partial charge in [-0.05, 0) is 36.5 Å². The highest BCUT2D eigenvalue weighted by molar-refractivity contribution is 6.30. The van der Waals surface area contributed by atoms with E-state index in [0.29, 0.717) is 5.92 Å². The molecule has 0 spiro atoms. The second-order valence-corrected chi connectivity index (χ2v) is 4.78. The second kappa shape index (κ2) is 6.24. The minimum atomic E-state index is 0.682. The van der Waals surface area contributed by atoms with E-state index in [1.807, 2.05) is 12.1 Å². The Morgan fingerprint density at radius 3 is 2.81 bits per heavy atom. The minimum absolute atomic E-state index is 0.682. The summed E-state index contributed by atoms with van der Waals surface area (Å²) in [5.41, 5.74) is 1.28. The zero-order valence-corrected chi connectivity index (χ0v) is 10.2. The molecule has 1 aliphatic rings. The van der Waals surface area contributed by atoms with Crippen molar-refractivity contribution in [2.45, 2.75) is 19.4 Å². The predicted octanol–water partition coefficient (Wildman–Crippen LogP) is 2.86. The Morgan fingerprint density at radius 1 is 1.31 bits per heavy atom. The zero-order chi connectivity index (χ0) is 11.2. The molecule has 3 heteroatoms. The van der Waals surface area contributed by atoms with Crippen molar-refractivity contribution in [3.8, 4) is 0 Å². The van der Waals surface area contributed by atoms with E-state index in [0.717, 1.165) is 31.3 Å². The first-order valence-corrected chi connectivity index (χ1v) is 6.25. The van der Waals surface area contributed by atoms with Gasteiger partial charge in [0.1, 0.15) is 0 Å². The highest BCUT2D eigenvalue weighted by atomic mass is 35.5. The van der Waals surface area contributed by atoms with Crippen molar-refractivity contribution in [1.82, 2.24) is 5.32 Å². The minimum Gasteiger partial charge on any atom is -0.381 e. The van der Waals surface area contributed by atoms with Crippen LogP contribution in [0.1, 0.15) is 18.4 Å². The van der Waals surface area contributed by atoms with Gasteiger partial charge in [-0.15, -0.1) is 0 Å². The molecule has 0 saturated carbocycles. The van der Waals surface area contributed by atoms with Crippen LogP contribution in [0, 0.1) is 5.92 Å².